The average molecular weight is 320 g/mol. The van der Waals surface area contributed by atoms with Crippen molar-refractivity contribution in [2.45, 2.75) is 44.1 Å². The number of aliphatic hydroxyl groups is 1. The normalized spacial score (nSPS) is 20.1. The minimum Gasteiger partial charge on any atom is -0.394 e. The largest absolute Gasteiger partial charge is 0.394 e. The molecule has 0 unspecified atom stereocenters. The average Bonchev–Trinajstić information content (AvgIpc) is 3.17. The number of anilines is 1. The molecule has 3 rings (SSSR count). The number of amides is 2. The van der Waals surface area contributed by atoms with Crippen molar-refractivity contribution in [1.29, 1.82) is 0 Å². The predicted molar refractivity (Wildman–Crippen MR) is 83.7 cm³/mol. The Hall–Kier alpha value is -1.95. The fraction of sp³-hybridized carbons (Fsp3) is 0.529. The number of halogens is 1. The molecule has 2 aliphatic rings. The van der Waals surface area contributed by atoms with Crippen LogP contribution in [0.1, 0.15) is 48.9 Å². The number of rotatable bonds is 4. The van der Waals surface area contributed by atoms with Crippen molar-refractivity contribution in [3.63, 3.8) is 0 Å². The van der Waals surface area contributed by atoms with Gasteiger partial charge in [0.15, 0.2) is 0 Å². The van der Waals surface area contributed by atoms with Crippen LogP contribution in [0.15, 0.2) is 18.2 Å². The second-order valence-electron chi connectivity index (χ2n) is 6.41. The lowest BCUT2D eigenvalue weighted by Crippen LogP contribution is -2.49. The van der Waals surface area contributed by atoms with Crippen LogP contribution in [0.3, 0.4) is 0 Å². The summed E-state index contributed by atoms with van der Waals surface area (Å²) in [5.74, 6) is -1.17. The van der Waals surface area contributed by atoms with Gasteiger partial charge in [0.05, 0.1) is 17.7 Å². The number of aliphatic hydroxyl groups excluding tert-OH is 1. The third-order valence-corrected chi connectivity index (χ3v) is 4.82. The Kier molecular flexibility index (Phi) is 4.35. The first-order chi connectivity index (χ1) is 11.0. The van der Waals surface area contributed by atoms with Crippen LogP contribution in [0.5, 0.6) is 0 Å². The second kappa shape index (κ2) is 6.28. The van der Waals surface area contributed by atoms with E-state index < -0.39 is 17.3 Å². The molecule has 0 atom stereocenters. The summed E-state index contributed by atoms with van der Waals surface area (Å²) in [5, 5.41) is 12.4. The Bertz CT molecular complexity index is 626. The number of nitrogens with zero attached hydrogens (tertiary/aromatic N) is 1. The molecule has 1 aliphatic carbocycles. The highest BCUT2D eigenvalue weighted by Crippen LogP contribution is 2.30. The van der Waals surface area contributed by atoms with E-state index in [2.05, 4.69) is 5.32 Å². The Balaban J connectivity index is 1.83. The van der Waals surface area contributed by atoms with Crippen LogP contribution in [0.2, 0.25) is 0 Å². The number of hydrogen-bond acceptors (Lipinski definition) is 3. The lowest BCUT2D eigenvalue weighted by Gasteiger charge is -2.28. The molecule has 23 heavy (non-hydrogen) atoms. The Morgan fingerprint density at radius 2 is 2.04 bits per heavy atom. The Morgan fingerprint density at radius 1 is 1.30 bits per heavy atom. The van der Waals surface area contributed by atoms with Crippen LogP contribution in [0.4, 0.5) is 10.1 Å². The zero-order valence-corrected chi connectivity index (χ0v) is 13.0. The zero-order chi connectivity index (χ0) is 16.4. The number of nitrogens with one attached hydrogen (secondary N) is 1. The van der Waals surface area contributed by atoms with E-state index in [4.69, 9.17) is 0 Å². The quantitative estimate of drug-likeness (QED) is 0.891. The van der Waals surface area contributed by atoms with Gasteiger partial charge in [-0.25, -0.2) is 4.39 Å². The van der Waals surface area contributed by atoms with Crippen LogP contribution in [0, 0.1) is 5.82 Å². The fourth-order valence-corrected chi connectivity index (χ4v) is 3.46. The van der Waals surface area contributed by atoms with Gasteiger partial charge >= 0.3 is 0 Å². The molecule has 124 valence electrons. The highest BCUT2D eigenvalue weighted by Gasteiger charge is 2.35. The van der Waals surface area contributed by atoms with E-state index >= 15 is 0 Å². The number of benzene rings is 1. The zero-order valence-electron chi connectivity index (χ0n) is 13.0. The summed E-state index contributed by atoms with van der Waals surface area (Å²) in [6, 6.07) is 4.16. The van der Waals surface area contributed by atoms with Gasteiger partial charge in [-0.2, -0.15) is 0 Å². The molecule has 5 nitrogen and oxygen atoms in total. The van der Waals surface area contributed by atoms with Crippen LogP contribution in [-0.4, -0.2) is 35.6 Å². The van der Waals surface area contributed by atoms with Crippen molar-refractivity contribution in [3.8, 4) is 0 Å². The van der Waals surface area contributed by atoms with Crippen molar-refractivity contribution >= 4 is 17.5 Å². The van der Waals surface area contributed by atoms with Gasteiger partial charge in [-0.3, -0.25) is 9.59 Å². The summed E-state index contributed by atoms with van der Waals surface area (Å²) >= 11 is 0. The predicted octanol–water partition coefficient (Wildman–Crippen LogP) is 1.99. The van der Waals surface area contributed by atoms with Gasteiger partial charge in [0.1, 0.15) is 5.82 Å². The van der Waals surface area contributed by atoms with Crippen molar-refractivity contribution in [2.24, 2.45) is 0 Å². The summed E-state index contributed by atoms with van der Waals surface area (Å²) < 4.78 is 14.1. The molecule has 1 saturated heterocycles. The highest BCUT2D eigenvalue weighted by atomic mass is 19.1. The highest BCUT2D eigenvalue weighted by molar-refractivity contribution is 5.99. The van der Waals surface area contributed by atoms with E-state index in [0.29, 0.717) is 31.5 Å². The third kappa shape index (κ3) is 3.08. The molecule has 0 radical (unpaired) electrons. The van der Waals surface area contributed by atoms with E-state index in [9.17, 15) is 19.1 Å². The van der Waals surface area contributed by atoms with E-state index in [0.717, 1.165) is 19.3 Å². The maximum Gasteiger partial charge on any atom is 0.254 e. The van der Waals surface area contributed by atoms with Gasteiger partial charge in [0.25, 0.3) is 5.91 Å². The molecule has 0 bridgehead atoms. The SMILES string of the molecule is O=C(NC1(CO)CCCC1)c1cc(N2CCCC2=O)ccc1F. The molecule has 1 aromatic rings. The minimum atomic E-state index is -0.650. The van der Waals surface area contributed by atoms with E-state index in [1.165, 1.54) is 18.2 Å². The molecule has 1 saturated carbocycles. The van der Waals surface area contributed by atoms with E-state index in [1.807, 2.05) is 0 Å². The molecule has 2 amide bonds. The summed E-state index contributed by atoms with van der Waals surface area (Å²) in [4.78, 5) is 25.9. The Morgan fingerprint density at radius 3 is 2.65 bits per heavy atom. The molecule has 1 heterocycles. The first kappa shape index (κ1) is 15.9. The first-order valence-electron chi connectivity index (χ1n) is 8.08. The Labute approximate surface area is 134 Å². The molecule has 1 aliphatic heterocycles. The van der Waals surface area contributed by atoms with Crippen LogP contribution >= 0.6 is 0 Å². The molecule has 1 aromatic carbocycles. The smallest absolute Gasteiger partial charge is 0.254 e. The topological polar surface area (TPSA) is 69.6 Å². The first-order valence-corrected chi connectivity index (χ1v) is 8.08. The standard InChI is InChI=1S/C17H21FN2O3/c18-14-6-5-12(20-9-3-4-15(20)22)10-13(14)16(23)19-17(11-21)7-1-2-8-17/h5-6,10,21H,1-4,7-9,11H2,(H,19,23). The van der Waals surface area contributed by atoms with Crippen molar-refractivity contribution < 1.29 is 19.1 Å². The maximum absolute atomic E-state index is 14.1. The fourth-order valence-electron chi connectivity index (χ4n) is 3.46. The number of carbonyl (C=O) groups is 2. The maximum atomic E-state index is 14.1. The summed E-state index contributed by atoms with van der Waals surface area (Å²) in [7, 11) is 0. The lowest BCUT2D eigenvalue weighted by atomic mass is 9.98. The monoisotopic (exact) mass is 320 g/mol. The molecule has 2 fully saturated rings. The number of hydrogen-bond donors (Lipinski definition) is 2. The summed E-state index contributed by atoms with van der Waals surface area (Å²) in [6.07, 6.45) is 4.51. The number of carbonyl (C=O) groups excluding carboxylic acids is 2. The molecule has 0 aromatic heterocycles. The van der Waals surface area contributed by atoms with Crippen molar-refractivity contribution in [1.82, 2.24) is 5.32 Å². The molecular formula is C17H21FN2O3. The van der Waals surface area contributed by atoms with Gasteiger partial charge in [-0.05, 0) is 37.5 Å². The van der Waals surface area contributed by atoms with Gasteiger partial charge in [0, 0.05) is 18.7 Å². The van der Waals surface area contributed by atoms with Gasteiger partial charge in [-0.15, -0.1) is 0 Å². The van der Waals surface area contributed by atoms with Crippen molar-refractivity contribution in [3.05, 3.63) is 29.6 Å². The molecule has 6 heteroatoms. The van der Waals surface area contributed by atoms with E-state index in [1.54, 1.807) is 4.90 Å². The van der Waals surface area contributed by atoms with Crippen LogP contribution in [0.25, 0.3) is 0 Å². The van der Waals surface area contributed by atoms with Gasteiger partial charge in [0.2, 0.25) is 5.91 Å². The molecular weight excluding hydrogens is 299 g/mol. The van der Waals surface area contributed by atoms with Gasteiger partial charge < -0.3 is 15.3 Å². The second-order valence-corrected chi connectivity index (χ2v) is 6.41. The summed E-state index contributed by atoms with van der Waals surface area (Å²) in [6.45, 7) is 0.441. The molecule has 2 N–H and O–H groups in total. The molecule has 0 spiro atoms. The third-order valence-electron chi connectivity index (χ3n) is 4.82. The lowest BCUT2D eigenvalue weighted by molar-refractivity contribution is -0.117. The minimum absolute atomic E-state index is 0.00872. The van der Waals surface area contributed by atoms with Crippen LogP contribution in [-0.2, 0) is 4.79 Å². The summed E-state index contributed by atoms with van der Waals surface area (Å²) in [5.41, 5.74) is -0.186. The van der Waals surface area contributed by atoms with Crippen molar-refractivity contribution in [2.75, 3.05) is 18.1 Å². The van der Waals surface area contributed by atoms with Gasteiger partial charge in [-0.1, -0.05) is 12.8 Å². The van der Waals surface area contributed by atoms with Crippen LogP contribution < -0.4 is 10.2 Å². The van der Waals surface area contributed by atoms with E-state index in [-0.39, 0.29) is 18.1 Å².